The molecule has 0 aliphatic carbocycles. The van der Waals surface area contributed by atoms with E-state index in [-0.39, 0.29) is 0 Å². The van der Waals surface area contributed by atoms with E-state index in [0.717, 1.165) is 19.0 Å². The first kappa shape index (κ1) is 14.5. The van der Waals surface area contributed by atoms with Gasteiger partial charge in [0.2, 0.25) is 0 Å². The first-order valence-electron chi connectivity index (χ1n) is 6.46. The number of aryl methyl sites for hydroxylation is 2. The SMILES string of the molecule is Cc1ccc(C)c(CNCCCC(C)CCl)c1. The van der Waals surface area contributed by atoms with E-state index < -0.39 is 0 Å². The third kappa shape index (κ3) is 5.56. The molecule has 1 aromatic rings. The summed E-state index contributed by atoms with van der Waals surface area (Å²) < 4.78 is 0. The van der Waals surface area contributed by atoms with E-state index in [1.54, 1.807) is 0 Å². The number of alkyl halides is 1. The van der Waals surface area contributed by atoms with Gasteiger partial charge in [-0.3, -0.25) is 0 Å². The van der Waals surface area contributed by atoms with Crippen LogP contribution >= 0.6 is 11.6 Å². The summed E-state index contributed by atoms with van der Waals surface area (Å²) in [6.45, 7) is 8.58. The van der Waals surface area contributed by atoms with Crippen LogP contribution in [0.4, 0.5) is 0 Å². The average Bonchev–Trinajstić information content (AvgIpc) is 2.32. The maximum atomic E-state index is 5.78. The van der Waals surface area contributed by atoms with E-state index in [9.17, 15) is 0 Å². The average molecular weight is 254 g/mol. The zero-order chi connectivity index (χ0) is 12.7. The summed E-state index contributed by atoms with van der Waals surface area (Å²) in [5.41, 5.74) is 4.12. The van der Waals surface area contributed by atoms with Crippen molar-refractivity contribution in [2.24, 2.45) is 5.92 Å². The molecule has 1 rings (SSSR count). The predicted molar refractivity (Wildman–Crippen MR) is 76.7 cm³/mol. The van der Waals surface area contributed by atoms with Crippen LogP contribution in [0.25, 0.3) is 0 Å². The quantitative estimate of drug-likeness (QED) is 0.571. The number of halogens is 1. The Kier molecular flexibility index (Phi) is 6.61. The van der Waals surface area contributed by atoms with Crippen LogP contribution in [0.1, 0.15) is 36.5 Å². The van der Waals surface area contributed by atoms with Gasteiger partial charge in [-0.25, -0.2) is 0 Å². The van der Waals surface area contributed by atoms with Crippen LogP contribution in [-0.2, 0) is 6.54 Å². The highest BCUT2D eigenvalue weighted by atomic mass is 35.5. The lowest BCUT2D eigenvalue weighted by molar-refractivity contribution is 0.531. The van der Waals surface area contributed by atoms with Crippen LogP contribution in [0.5, 0.6) is 0 Å². The second kappa shape index (κ2) is 7.73. The maximum absolute atomic E-state index is 5.78. The summed E-state index contributed by atoms with van der Waals surface area (Å²) >= 11 is 5.78. The lowest BCUT2D eigenvalue weighted by Gasteiger charge is -2.10. The standard InChI is InChI=1S/C15H24ClN/c1-12-6-7-14(3)15(9-12)11-17-8-4-5-13(2)10-16/h6-7,9,13,17H,4-5,8,10-11H2,1-3H3. The molecule has 17 heavy (non-hydrogen) atoms. The Hall–Kier alpha value is -0.530. The topological polar surface area (TPSA) is 12.0 Å². The summed E-state index contributed by atoms with van der Waals surface area (Å²) in [7, 11) is 0. The van der Waals surface area contributed by atoms with Crippen molar-refractivity contribution in [3.63, 3.8) is 0 Å². The fraction of sp³-hybridized carbons (Fsp3) is 0.600. The molecule has 0 aliphatic rings. The molecule has 0 fully saturated rings. The van der Waals surface area contributed by atoms with Gasteiger partial charge in [-0.1, -0.05) is 30.7 Å². The summed E-state index contributed by atoms with van der Waals surface area (Å²) in [4.78, 5) is 0. The Labute approximate surface area is 111 Å². The van der Waals surface area contributed by atoms with Gasteiger partial charge in [-0.15, -0.1) is 11.6 Å². The van der Waals surface area contributed by atoms with Crippen molar-refractivity contribution >= 4 is 11.6 Å². The van der Waals surface area contributed by atoms with Crippen molar-refractivity contribution in [3.8, 4) is 0 Å². The Morgan fingerprint density at radius 1 is 1.29 bits per heavy atom. The van der Waals surface area contributed by atoms with E-state index >= 15 is 0 Å². The molecule has 0 saturated carbocycles. The number of rotatable bonds is 7. The lowest BCUT2D eigenvalue weighted by Crippen LogP contribution is -2.16. The molecule has 0 radical (unpaired) electrons. The predicted octanol–water partition coefficient (Wildman–Crippen LogP) is 4.05. The van der Waals surface area contributed by atoms with E-state index in [1.165, 1.54) is 29.5 Å². The van der Waals surface area contributed by atoms with Gasteiger partial charge in [0.15, 0.2) is 0 Å². The highest BCUT2D eigenvalue weighted by Gasteiger charge is 2.00. The van der Waals surface area contributed by atoms with Gasteiger partial charge in [-0.05, 0) is 50.3 Å². The van der Waals surface area contributed by atoms with Crippen molar-refractivity contribution in [1.82, 2.24) is 5.32 Å². The summed E-state index contributed by atoms with van der Waals surface area (Å²) in [6.07, 6.45) is 2.42. The van der Waals surface area contributed by atoms with Gasteiger partial charge < -0.3 is 5.32 Å². The third-order valence-corrected chi connectivity index (χ3v) is 3.66. The molecule has 1 nitrogen and oxygen atoms in total. The molecule has 1 atom stereocenters. The molecule has 0 bridgehead atoms. The fourth-order valence-electron chi connectivity index (χ4n) is 1.87. The highest BCUT2D eigenvalue weighted by Crippen LogP contribution is 2.10. The lowest BCUT2D eigenvalue weighted by atomic mass is 10.1. The van der Waals surface area contributed by atoms with Crippen LogP contribution in [0, 0.1) is 19.8 Å². The van der Waals surface area contributed by atoms with Crippen LogP contribution in [-0.4, -0.2) is 12.4 Å². The number of hydrogen-bond donors (Lipinski definition) is 1. The molecule has 0 amide bonds. The smallest absolute Gasteiger partial charge is 0.0249 e. The Bertz CT molecular complexity index is 336. The largest absolute Gasteiger partial charge is 0.313 e. The molecule has 0 heterocycles. The number of nitrogens with one attached hydrogen (secondary N) is 1. The molecule has 0 spiro atoms. The summed E-state index contributed by atoms with van der Waals surface area (Å²) in [5, 5.41) is 3.51. The van der Waals surface area contributed by atoms with Gasteiger partial charge >= 0.3 is 0 Å². The summed E-state index contributed by atoms with van der Waals surface area (Å²) in [6, 6.07) is 6.63. The van der Waals surface area contributed by atoms with Gasteiger partial charge in [0.05, 0.1) is 0 Å². The van der Waals surface area contributed by atoms with Crippen LogP contribution < -0.4 is 5.32 Å². The molecule has 1 N–H and O–H groups in total. The second-order valence-electron chi connectivity index (χ2n) is 5.01. The van der Waals surface area contributed by atoms with E-state index in [2.05, 4.69) is 44.3 Å². The molecule has 2 heteroatoms. The molecule has 0 aromatic heterocycles. The zero-order valence-corrected chi connectivity index (χ0v) is 12.0. The van der Waals surface area contributed by atoms with Crippen molar-refractivity contribution in [2.45, 2.75) is 40.2 Å². The van der Waals surface area contributed by atoms with Crippen LogP contribution in [0.15, 0.2) is 18.2 Å². The first-order valence-corrected chi connectivity index (χ1v) is 6.99. The van der Waals surface area contributed by atoms with E-state index in [1.807, 2.05) is 0 Å². The number of benzene rings is 1. The van der Waals surface area contributed by atoms with Crippen LogP contribution in [0.3, 0.4) is 0 Å². The first-order chi connectivity index (χ1) is 8.13. The van der Waals surface area contributed by atoms with Gasteiger partial charge in [-0.2, -0.15) is 0 Å². The van der Waals surface area contributed by atoms with E-state index in [4.69, 9.17) is 11.6 Å². The van der Waals surface area contributed by atoms with E-state index in [0.29, 0.717) is 5.92 Å². The van der Waals surface area contributed by atoms with Crippen LogP contribution in [0.2, 0.25) is 0 Å². The van der Waals surface area contributed by atoms with Gasteiger partial charge in [0.25, 0.3) is 0 Å². The minimum atomic E-state index is 0.638. The maximum Gasteiger partial charge on any atom is 0.0249 e. The van der Waals surface area contributed by atoms with Gasteiger partial charge in [0, 0.05) is 12.4 Å². The Morgan fingerprint density at radius 3 is 2.76 bits per heavy atom. The van der Waals surface area contributed by atoms with Crippen molar-refractivity contribution in [3.05, 3.63) is 34.9 Å². The van der Waals surface area contributed by atoms with Crippen molar-refractivity contribution < 1.29 is 0 Å². The minimum Gasteiger partial charge on any atom is -0.313 e. The molecule has 0 aliphatic heterocycles. The Balaban J connectivity index is 2.24. The molecule has 96 valence electrons. The van der Waals surface area contributed by atoms with Crippen molar-refractivity contribution in [1.29, 1.82) is 0 Å². The minimum absolute atomic E-state index is 0.638. The molecular weight excluding hydrogens is 230 g/mol. The normalized spacial score (nSPS) is 12.7. The number of hydrogen-bond acceptors (Lipinski definition) is 1. The molecule has 0 saturated heterocycles. The fourth-order valence-corrected chi connectivity index (χ4v) is 2.02. The zero-order valence-electron chi connectivity index (χ0n) is 11.2. The highest BCUT2D eigenvalue weighted by molar-refractivity contribution is 6.18. The molecule has 1 aromatic carbocycles. The van der Waals surface area contributed by atoms with Gasteiger partial charge in [0.1, 0.15) is 0 Å². The third-order valence-electron chi connectivity index (χ3n) is 3.13. The summed E-state index contributed by atoms with van der Waals surface area (Å²) in [5.74, 6) is 1.41. The second-order valence-corrected chi connectivity index (χ2v) is 5.32. The monoisotopic (exact) mass is 253 g/mol. The molecular formula is C15H24ClN. The Morgan fingerprint density at radius 2 is 2.06 bits per heavy atom. The van der Waals surface area contributed by atoms with Crippen molar-refractivity contribution in [2.75, 3.05) is 12.4 Å². The molecule has 1 unspecified atom stereocenters.